The highest BCUT2D eigenvalue weighted by Crippen LogP contribution is 2.28. The Kier molecular flexibility index (Phi) is 4.76. The van der Waals surface area contributed by atoms with E-state index in [-0.39, 0.29) is 0 Å². The normalized spacial score (nSPS) is 23.8. The number of nitrogens with zero attached hydrogens (tertiary/aromatic N) is 1. The molecule has 1 aliphatic heterocycles. The third-order valence-electron chi connectivity index (χ3n) is 2.84. The molecule has 100 valence electrons. The molecular weight excluding hydrogens is 243 g/mol. The van der Waals surface area contributed by atoms with Gasteiger partial charge < -0.3 is 4.90 Å². The molecule has 0 fully saturated rings. The Labute approximate surface area is 104 Å². The van der Waals surface area contributed by atoms with Crippen molar-refractivity contribution in [3.8, 4) is 0 Å². The first-order chi connectivity index (χ1) is 8.41. The third-order valence-corrected chi connectivity index (χ3v) is 2.84. The second-order valence-corrected chi connectivity index (χ2v) is 4.14. The van der Waals surface area contributed by atoms with Gasteiger partial charge in [-0.2, -0.15) is 13.2 Å². The van der Waals surface area contributed by atoms with Crippen molar-refractivity contribution in [3.63, 3.8) is 0 Å². The highest BCUT2D eigenvalue weighted by molar-refractivity contribution is 5.83. The van der Waals surface area contributed by atoms with Crippen LogP contribution in [0.4, 0.5) is 13.2 Å². The van der Waals surface area contributed by atoms with Crippen LogP contribution in [0.1, 0.15) is 19.3 Å². The number of amides is 1. The first-order valence-electron chi connectivity index (χ1n) is 5.69. The van der Waals surface area contributed by atoms with E-state index >= 15 is 0 Å². The van der Waals surface area contributed by atoms with Crippen molar-refractivity contribution in [2.45, 2.75) is 37.5 Å². The number of hydrogen-bond acceptors (Lipinski definition) is 1. The van der Waals surface area contributed by atoms with Crippen LogP contribution in [0, 0.1) is 0 Å². The molecule has 1 heterocycles. The number of hydrogen-bond donors (Lipinski definition) is 0. The molecule has 0 N–H and O–H groups in total. The standard InChI is InChI=1S/C13H16F3NO/c1-3-6-10-8-5-9-11(7-4-2)17(10)12(18)13(14,15)16/h3-5,8,10-11H,1-2,6-7,9H2/t10-,11+/m0/s1. The van der Waals surface area contributed by atoms with Crippen molar-refractivity contribution >= 4 is 5.91 Å². The maximum Gasteiger partial charge on any atom is 0.471 e. The molecule has 2 atom stereocenters. The number of carbonyl (C=O) groups is 1. The fraction of sp³-hybridized carbons (Fsp3) is 0.462. The summed E-state index contributed by atoms with van der Waals surface area (Å²) in [5, 5.41) is 0. The minimum absolute atomic E-state index is 0.311. The highest BCUT2D eigenvalue weighted by Gasteiger charge is 2.46. The zero-order valence-corrected chi connectivity index (χ0v) is 9.99. The Morgan fingerprint density at radius 3 is 2.44 bits per heavy atom. The van der Waals surface area contributed by atoms with Crippen LogP contribution in [0.25, 0.3) is 0 Å². The van der Waals surface area contributed by atoms with Gasteiger partial charge in [0.05, 0.1) is 6.04 Å². The average molecular weight is 259 g/mol. The first kappa shape index (κ1) is 14.5. The summed E-state index contributed by atoms with van der Waals surface area (Å²) in [7, 11) is 0. The molecule has 1 aliphatic rings. The van der Waals surface area contributed by atoms with Crippen LogP contribution in [0.3, 0.4) is 0 Å². The van der Waals surface area contributed by atoms with E-state index < -0.39 is 24.2 Å². The van der Waals surface area contributed by atoms with Crippen molar-refractivity contribution < 1.29 is 18.0 Å². The summed E-state index contributed by atoms with van der Waals surface area (Å²) in [5.74, 6) is -1.79. The van der Waals surface area contributed by atoms with Gasteiger partial charge in [0, 0.05) is 6.04 Å². The lowest BCUT2D eigenvalue weighted by Gasteiger charge is -2.39. The maximum atomic E-state index is 12.6. The Morgan fingerprint density at radius 1 is 1.33 bits per heavy atom. The van der Waals surface area contributed by atoms with Crippen molar-refractivity contribution in [3.05, 3.63) is 37.5 Å². The molecule has 1 amide bonds. The molecule has 0 aliphatic carbocycles. The SMILES string of the molecule is C=CC[C@@H]1CC=C[C@H](CC=C)N1C(=O)C(F)(F)F. The third kappa shape index (κ3) is 3.24. The van der Waals surface area contributed by atoms with E-state index in [1.807, 2.05) is 6.08 Å². The zero-order valence-electron chi connectivity index (χ0n) is 9.99. The summed E-state index contributed by atoms with van der Waals surface area (Å²) in [5.41, 5.74) is 0. The van der Waals surface area contributed by atoms with Gasteiger partial charge in [0.25, 0.3) is 0 Å². The summed E-state index contributed by atoms with van der Waals surface area (Å²) < 4.78 is 37.8. The topological polar surface area (TPSA) is 20.3 Å². The summed E-state index contributed by atoms with van der Waals surface area (Å²) in [4.78, 5) is 12.4. The molecule has 5 heteroatoms. The van der Waals surface area contributed by atoms with Crippen LogP contribution in [-0.2, 0) is 4.79 Å². The molecule has 0 saturated carbocycles. The number of carbonyl (C=O) groups excluding carboxylic acids is 1. The Hall–Kier alpha value is -1.52. The van der Waals surface area contributed by atoms with Gasteiger partial charge >= 0.3 is 12.1 Å². The monoisotopic (exact) mass is 259 g/mol. The second-order valence-electron chi connectivity index (χ2n) is 4.14. The van der Waals surface area contributed by atoms with Gasteiger partial charge in [-0.1, -0.05) is 24.3 Å². The highest BCUT2D eigenvalue weighted by atomic mass is 19.4. The Balaban J connectivity index is 3.01. The van der Waals surface area contributed by atoms with Crippen LogP contribution in [0.5, 0.6) is 0 Å². The predicted molar refractivity (Wildman–Crippen MR) is 63.9 cm³/mol. The molecule has 18 heavy (non-hydrogen) atoms. The number of rotatable bonds is 4. The van der Waals surface area contributed by atoms with Gasteiger partial charge in [-0.3, -0.25) is 4.79 Å². The van der Waals surface area contributed by atoms with Gasteiger partial charge in [-0.15, -0.1) is 13.2 Å². The van der Waals surface area contributed by atoms with Crippen LogP contribution < -0.4 is 0 Å². The van der Waals surface area contributed by atoms with E-state index in [2.05, 4.69) is 13.2 Å². The van der Waals surface area contributed by atoms with Crippen molar-refractivity contribution in [2.75, 3.05) is 0 Å². The molecule has 0 aromatic heterocycles. The van der Waals surface area contributed by atoms with E-state index in [0.29, 0.717) is 19.3 Å². The van der Waals surface area contributed by atoms with E-state index in [0.717, 1.165) is 4.90 Å². The van der Waals surface area contributed by atoms with Crippen molar-refractivity contribution in [2.24, 2.45) is 0 Å². The fourth-order valence-electron chi connectivity index (χ4n) is 2.10. The molecule has 0 saturated heterocycles. The van der Waals surface area contributed by atoms with Gasteiger partial charge in [0.15, 0.2) is 0 Å². The lowest BCUT2D eigenvalue weighted by Crippen LogP contribution is -2.52. The summed E-state index contributed by atoms with van der Waals surface area (Å²) in [6, 6.07) is -1.05. The molecular formula is C13H16F3NO. The van der Waals surface area contributed by atoms with Crippen molar-refractivity contribution in [1.29, 1.82) is 0 Å². The second kappa shape index (κ2) is 5.89. The van der Waals surface area contributed by atoms with Crippen LogP contribution in [0.15, 0.2) is 37.5 Å². The molecule has 0 bridgehead atoms. The smallest absolute Gasteiger partial charge is 0.325 e. The maximum absolute atomic E-state index is 12.6. The Bertz CT molecular complexity index is 360. The lowest BCUT2D eigenvalue weighted by molar-refractivity contribution is -0.189. The van der Waals surface area contributed by atoms with Gasteiger partial charge in [0.1, 0.15) is 0 Å². The minimum Gasteiger partial charge on any atom is -0.325 e. The first-order valence-corrected chi connectivity index (χ1v) is 5.69. The zero-order chi connectivity index (χ0) is 13.8. The molecule has 0 aromatic carbocycles. The molecule has 0 unspecified atom stereocenters. The molecule has 0 spiro atoms. The van der Waals surface area contributed by atoms with E-state index in [1.165, 1.54) is 12.2 Å². The van der Waals surface area contributed by atoms with E-state index in [4.69, 9.17) is 0 Å². The number of halogens is 3. The van der Waals surface area contributed by atoms with Crippen LogP contribution >= 0.6 is 0 Å². The minimum atomic E-state index is -4.84. The molecule has 0 radical (unpaired) electrons. The van der Waals surface area contributed by atoms with Gasteiger partial charge in [-0.25, -0.2) is 0 Å². The van der Waals surface area contributed by atoms with Gasteiger partial charge in [-0.05, 0) is 19.3 Å². The van der Waals surface area contributed by atoms with Gasteiger partial charge in [0.2, 0.25) is 0 Å². The van der Waals surface area contributed by atoms with Crippen LogP contribution in [-0.4, -0.2) is 29.1 Å². The summed E-state index contributed by atoms with van der Waals surface area (Å²) in [6.45, 7) is 7.03. The van der Waals surface area contributed by atoms with E-state index in [1.54, 1.807) is 6.08 Å². The molecule has 1 rings (SSSR count). The molecule has 0 aromatic rings. The molecule has 2 nitrogen and oxygen atoms in total. The number of alkyl halides is 3. The van der Waals surface area contributed by atoms with Crippen LogP contribution in [0.2, 0.25) is 0 Å². The predicted octanol–water partition coefficient (Wildman–Crippen LogP) is 3.23. The van der Waals surface area contributed by atoms with Crippen molar-refractivity contribution in [1.82, 2.24) is 4.90 Å². The largest absolute Gasteiger partial charge is 0.471 e. The average Bonchev–Trinajstić information content (AvgIpc) is 2.28. The quantitative estimate of drug-likeness (QED) is 0.710. The lowest BCUT2D eigenvalue weighted by atomic mass is 9.97. The summed E-state index contributed by atoms with van der Waals surface area (Å²) in [6.07, 6.45) is 2.72. The fourth-order valence-corrected chi connectivity index (χ4v) is 2.10. The Morgan fingerprint density at radius 2 is 1.94 bits per heavy atom. The van der Waals surface area contributed by atoms with E-state index in [9.17, 15) is 18.0 Å². The summed E-state index contributed by atoms with van der Waals surface area (Å²) >= 11 is 0.